The van der Waals surface area contributed by atoms with Gasteiger partial charge in [-0.15, -0.1) is 0 Å². The van der Waals surface area contributed by atoms with Crippen LogP contribution in [-0.4, -0.2) is 11.8 Å². The quantitative estimate of drug-likeness (QED) is 0.874. The van der Waals surface area contributed by atoms with Crippen molar-refractivity contribution in [2.45, 2.75) is 6.61 Å². The van der Waals surface area contributed by atoms with E-state index in [-0.39, 0.29) is 6.79 Å². The Balaban J connectivity index is 1.74. The number of nitrogens with two attached hydrogens (primary N) is 1. The van der Waals surface area contributed by atoms with E-state index in [2.05, 4.69) is 4.98 Å². The number of nitrogens with zero attached hydrogens (tertiary/aromatic N) is 1. The Kier molecular flexibility index (Phi) is 3.05. The summed E-state index contributed by atoms with van der Waals surface area (Å²) in [5.41, 5.74) is 7.14. The van der Waals surface area contributed by atoms with Gasteiger partial charge in [0.25, 0.3) is 0 Å². The average molecular weight is 279 g/mol. The molecule has 0 aliphatic carbocycles. The van der Waals surface area contributed by atoms with Crippen LogP contribution in [0, 0.1) is 0 Å². The second-order valence-corrected chi connectivity index (χ2v) is 4.39. The molecule has 19 heavy (non-hydrogen) atoms. The van der Waals surface area contributed by atoms with Crippen LogP contribution in [0.25, 0.3) is 0 Å². The second kappa shape index (κ2) is 4.85. The van der Waals surface area contributed by atoms with Gasteiger partial charge in [0.05, 0.1) is 5.69 Å². The number of hydrogen-bond acceptors (Lipinski definition) is 5. The molecule has 5 nitrogen and oxygen atoms in total. The van der Waals surface area contributed by atoms with Crippen LogP contribution in [0.15, 0.2) is 30.3 Å². The Morgan fingerprint density at radius 3 is 2.95 bits per heavy atom. The van der Waals surface area contributed by atoms with E-state index in [9.17, 15) is 0 Å². The molecule has 2 N–H and O–H groups in total. The van der Waals surface area contributed by atoms with E-state index in [4.69, 9.17) is 31.5 Å². The first kappa shape index (κ1) is 11.9. The molecule has 0 unspecified atom stereocenters. The van der Waals surface area contributed by atoms with Crippen LogP contribution in [-0.2, 0) is 6.61 Å². The van der Waals surface area contributed by atoms with Crippen LogP contribution < -0.4 is 19.9 Å². The molecule has 3 rings (SSSR count). The molecule has 2 heterocycles. The maximum absolute atomic E-state index is 5.79. The summed E-state index contributed by atoms with van der Waals surface area (Å²) in [6.45, 7) is 0.580. The number of benzene rings is 1. The number of pyridine rings is 1. The minimum atomic E-state index is 0.252. The second-order valence-electron chi connectivity index (χ2n) is 4.00. The topological polar surface area (TPSA) is 66.6 Å². The van der Waals surface area contributed by atoms with Crippen molar-refractivity contribution < 1.29 is 14.2 Å². The minimum Gasteiger partial charge on any atom is -0.471 e. The predicted molar refractivity (Wildman–Crippen MR) is 70.6 cm³/mol. The molecule has 0 bridgehead atoms. The van der Waals surface area contributed by atoms with Gasteiger partial charge < -0.3 is 19.9 Å². The van der Waals surface area contributed by atoms with Crippen molar-refractivity contribution >= 4 is 17.3 Å². The van der Waals surface area contributed by atoms with E-state index in [1.165, 1.54) is 0 Å². The van der Waals surface area contributed by atoms with Gasteiger partial charge in [0.1, 0.15) is 11.8 Å². The molecular formula is C13H11ClN2O3. The lowest BCUT2D eigenvalue weighted by Gasteiger charge is -2.08. The largest absolute Gasteiger partial charge is 0.471 e. The molecule has 1 aliphatic rings. The molecule has 1 aliphatic heterocycles. The first-order valence-electron chi connectivity index (χ1n) is 5.66. The Hall–Kier alpha value is -2.14. The van der Waals surface area contributed by atoms with Crippen LogP contribution in [0.4, 0.5) is 5.69 Å². The highest BCUT2D eigenvalue weighted by molar-refractivity contribution is 6.29. The van der Waals surface area contributed by atoms with Crippen LogP contribution >= 0.6 is 11.6 Å². The van der Waals surface area contributed by atoms with Crippen molar-refractivity contribution in [1.29, 1.82) is 0 Å². The minimum absolute atomic E-state index is 0.252. The first-order chi connectivity index (χ1) is 9.22. The summed E-state index contributed by atoms with van der Waals surface area (Å²) in [6.07, 6.45) is 0. The third-order valence-corrected chi connectivity index (χ3v) is 2.88. The van der Waals surface area contributed by atoms with E-state index in [0.29, 0.717) is 29.1 Å². The number of ether oxygens (including phenoxy) is 3. The molecule has 2 aromatic rings. The highest BCUT2D eigenvalue weighted by Gasteiger charge is 2.13. The van der Waals surface area contributed by atoms with Crippen LogP contribution in [0.1, 0.15) is 5.56 Å². The third-order valence-electron chi connectivity index (χ3n) is 2.67. The van der Waals surface area contributed by atoms with Gasteiger partial charge in [0.15, 0.2) is 11.5 Å². The molecule has 0 amide bonds. The van der Waals surface area contributed by atoms with E-state index in [0.717, 1.165) is 11.3 Å². The van der Waals surface area contributed by atoms with E-state index in [1.54, 1.807) is 12.1 Å². The van der Waals surface area contributed by atoms with Crippen molar-refractivity contribution in [2.24, 2.45) is 0 Å². The molecule has 98 valence electrons. The number of hydrogen-bond donors (Lipinski definition) is 1. The lowest BCUT2D eigenvalue weighted by molar-refractivity contribution is 0.174. The Morgan fingerprint density at radius 2 is 2.05 bits per heavy atom. The number of fused-ring (bicyclic) bond motifs is 1. The van der Waals surface area contributed by atoms with E-state index in [1.807, 2.05) is 18.2 Å². The van der Waals surface area contributed by atoms with Crippen molar-refractivity contribution in [3.63, 3.8) is 0 Å². The van der Waals surface area contributed by atoms with Crippen molar-refractivity contribution in [3.8, 4) is 17.4 Å². The van der Waals surface area contributed by atoms with Gasteiger partial charge in [0.2, 0.25) is 12.7 Å². The van der Waals surface area contributed by atoms with Gasteiger partial charge in [-0.1, -0.05) is 17.7 Å². The monoisotopic (exact) mass is 278 g/mol. The highest BCUT2D eigenvalue weighted by atomic mass is 35.5. The van der Waals surface area contributed by atoms with Gasteiger partial charge in [-0.2, -0.15) is 4.98 Å². The standard InChI is InChI=1S/C13H11ClN2O3/c14-12-4-2-9(15)13(16-12)17-6-8-1-3-10-11(5-8)19-7-18-10/h1-5H,6-7,15H2. The lowest BCUT2D eigenvalue weighted by atomic mass is 10.2. The first-order valence-corrected chi connectivity index (χ1v) is 6.03. The SMILES string of the molecule is Nc1ccc(Cl)nc1OCc1ccc2c(c1)OCO2. The van der Waals surface area contributed by atoms with Crippen LogP contribution in [0.2, 0.25) is 5.15 Å². The Labute approximate surface area is 114 Å². The normalized spacial score (nSPS) is 12.5. The molecule has 0 saturated heterocycles. The molecule has 0 saturated carbocycles. The van der Waals surface area contributed by atoms with Crippen molar-refractivity contribution in [3.05, 3.63) is 41.0 Å². The summed E-state index contributed by atoms with van der Waals surface area (Å²) >= 11 is 5.79. The Bertz CT molecular complexity index is 619. The summed E-state index contributed by atoms with van der Waals surface area (Å²) in [7, 11) is 0. The Morgan fingerprint density at radius 1 is 1.21 bits per heavy atom. The predicted octanol–water partition coefficient (Wildman–Crippen LogP) is 2.62. The van der Waals surface area contributed by atoms with Gasteiger partial charge >= 0.3 is 0 Å². The molecule has 0 fully saturated rings. The smallest absolute Gasteiger partial charge is 0.238 e. The number of rotatable bonds is 3. The molecular weight excluding hydrogens is 268 g/mol. The zero-order valence-corrected chi connectivity index (χ0v) is 10.7. The summed E-state index contributed by atoms with van der Waals surface area (Å²) in [4.78, 5) is 4.02. The molecule has 1 aromatic heterocycles. The van der Waals surface area contributed by atoms with E-state index >= 15 is 0 Å². The number of nitrogen functional groups attached to an aromatic ring is 1. The average Bonchev–Trinajstić information content (AvgIpc) is 2.87. The molecule has 1 aromatic carbocycles. The van der Waals surface area contributed by atoms with Gasteiger partial charge in [0, 0.05) is 0 Å². The number of aromatic nitrogens is 1. The lowest BCUT2D eigenvalue weighted by Crippen LogP contribution is -2.01. The molecule has 0 atom stereocenters. The summed E-state index contributed by atoms with van der Waals surface area (Å²) in [6, 6.07) is 8.88. The molecule has 0 radical (unpaired) electrons. The molecule has 6 heteroatoms. The van der Waals surface area contributed by atoms with Crippen molar-refractivity contribution in [2.75, 3.05) is 12.5 Å². The zero-order chi connectivity index (χ0) is 13.2. The summed E-state index contributed by atoms with van der Waals surface area (Å²) in [5.74, 6) is 1.78. The highest BCUT2D eigenvalue weighted by Crippen LogP contribution is 2.33. The fourth-order valence-electron chi connectivity index (χ4n) is 1.73. The fraction of sp³-hybridized carbons (Fsp3) is 0.154. The number of anilines is 1. The fourth-order valence-corrected chi connectivity index (χ4v) is 1.87. The molecule has 0 spiro atoms. The summed E-state index contributed by atoms with van der Waals surface area (Å²) in [5, 5.41) is 0.342. The van der Waals surface area contributed by atoms with Crippen LogP contribution in [0.3, 0.4) is 0 Å². The van der Waals surface area contributed by atoms with Crippen LogP contribution in [0.5, 0.6) is 17.4 Å². The zero-order valence-electron chi connectivity index (χ0n) is 9.93. The van der Waals surface area contributed by atoms with Gasteiger partial charge in [-0.05, 0) is 29.8 Å². The maximum atomic E-state index is 5.79. The summed E-state index contributed by atoms with van der Waals surface area (Å²) < 4.78 is 16.1. The van der Waals surface area contributed by atoms with Gasteiger partial charge in [-0.25, -0.2) is 0 Å². The number of halogens is 1. The van der Waals surface area contributed by atoms with E-state index < -0.39 is 0 Å². The van der Waals surface area contributed by atoms with Gasteiger partial charge in [-0.3, -0.25) is 0 Å². The van der Waals surface area contributed by atoms with Crippen molar-refractivity contribution in [1.82, 2.24) is 4.98 Å². The maximum Gasteiger partial charge on any atom is 0.238 e. The third kappa shape index (κ3) is 2.51.